The summed E-state index contributed by atoms with van der Waals surface area (Å²) >= 11 is 0. The third-order valence-electron chi connectivity index (χ3n) is 2.83. The highest BCUT2D eigenvalue weighted by Crippen LogP contribution is 2.28. The van der Waals surface area contributed by atoms with Crippen molar-refractivity contribution in [1.29, 1.82) is 0 Å². The van der Waals surface area contributed by atoms with Crippen molar-refractivity contribution >= 4 is 10.0 Å². The topological polar surface area (TPSA) is 60.2 Å². The van der Waals surface area contributed by atoms with Gasteiger partial charge in [-0.05, 0) is 6.42 Å². The van der Waals surface area contributed by atoms with Gasteiger partial charge in [-0.2, -0.15) is 13.2 Å². The largest absolute Gasteiger partial charge is 0.406 e. The number of nitrogens with two attached hydrogens (primary N) is 1. The van der Waals surface area contributed by atoms with Crippen LogP contribution in [-0.2, 0) is 10.0 Å². The third kappa shape index (κ3) is 7.92. The van der Waals surface area contributed by atoms with Crippen molar-refractivity contribution in [2.24, 2.45) is 5.14 Å². The van der Waals surface area contributed by atoms with E-state index in [0.717, 1.165) is 32.1 Å². The molecule has 0 fully saturated rings. The molecule has 0 bridgehead atoms. The Morgan fingerprint density at radius 3 is 1.83 bits per heavy atom. The molecule has 0 aromatic rings. The number of hydrogen-bond donors (Lipinski definition) is 1. The van der Waals surface area contributed by atoms with Crippen LogP contribution in [0.1, 0.15) is 58.3 Å². The second-order valence-corrected chi connectivity index (χ2v) is 6.28. The predicted octanol–water partition coefficient (Wildman–Crippen LogP) is 3.35. The van der Waals surface area contributed by atoms with Gasteiger partial charge in [0.25, 0.3) is 0 Å². The van der Waals surface area contributed by atoms with Crippen LogP contribution in [0.2, 0.25) is 0 Å². The van der Waals surface area contributed by atoms with Crippen molar-refractivity contribution in [1.82, 2.24) is 0 Å². The summed E-state index contributed by atoms with van der Waals surface area (Å²) in [7, 11) is -4.55. The van der Waals surface area contributed by atoms with Crippen LogP contribution in [0.5, 0.6) is 0 Å². The van der Waals surface area contributed by atoms with Crippen LogP contribution in [0, 0.1) is 0 Å². The molecule has 0 spiro atoms. The summed E-state index contributed by atoms with van der Waals surface area (Å²) in [6, 6.07) is 0. The van der Waals surface area contributed by atoms with Crippen molar-refractivity contribution in [3.05, 3.63) is 0 Å². The van der Waals surface area contributed by atoms with Crippen molar-refractivity contribution in [3.8, 4) is 0 Å². The molecule has 0 aromatic carbocycles. The maximum atomic E-state index is 12.4. The van der Waals surface area contributed by atoms with Gasteiger partial charge in [-0.25, -0.2) is 13.6 Å². The fraction of sp³-hybridized carbons (Fsp3) is 1.00. The minimum Gasteiger partial charge on any atom is -0.228 e. The molecule has 0 aromatic heterocycles. The highest BCUT2D eigenvalue weighted by Gasteiger charge is 2.46. The van der Waals surface area contributed by atoms with E-state index < -0.39 is 27.9 Å². The van der Waals surface area contributed by atoms with Gasteiger partial charge >= 0.3 is 6.18 Å². The fourth-order valence-corrected chi connectivity index (χ4v) is 2.67. The van der Waals surface area contributed by atoms with E-state index in [1.165, 1.54) is 0 Å². The Balaban J connectivity index is 3.94. The number of sulfonamides is 1. The van der Waals surface area contributed by atoms with Crippen LogP contribution in [0.15, 0.2) is 0 Å². The Hall–Kier alpha value is -0.300. The van der Waals surface area contributed by atoms with Crippen LogP contribution in [0.3, 0.4) is 0 Å². The minimum atomic E-state index is -4.77. The molecule has 0 saturated carbocycles. The molecule has 0 amide bonds. The molecule has 3 nitrogen and oxygen atoms in total. The number of alkyl halides is 3. The maximum Gasteiger partial charge on any atom is 0.406 e. The lowest BCUT2D eigenvalue weighted by Crippen LogP contribution is -2.40. The summed E-state index contributed by atoms with van der Waals surface area (Å²) in [5.74, 6) is 0. The van der Waals surface area contributed by atoms with Gasteiger partial charge in [0.15, 0.2) is 5.25 Å². The summed E-state index contributed by atoms with van der Waals surface area (Å²) < 4.78 is 59.0. The van der Waals surface area contributed by atoms with Crippen molar-refractivity contribution < 1.29 is 21.6 Å². The second kappa shape index (κ2) is 7.99. The summed E-state index contributed by atoms with van der Waals surface area (Å²) in [5, 5.41) is 2.18. The Labute approximate surface area is 107 Å². The van der Waals surface area contributed by atoms with E-state index in [-0.39, 0.29) is 6.42 Å². The summed E-state index contributed by atoms with van der Waals surface area (Å²) in [6.45, 7) is 2.08. The Kier molecular flexibility index (Phi) is 7.86. The zero-order chi connectivity index (χ0) is 14.2. The van der Waals surface area contributed by atoms with Crippen LogP contribution >= 0.6 is 0 Å². The second-order valence-electron chi connectivity index (χ2n) is 4.53. The lowest BCUT2D eigenvalue weighted by atomic mass is 10.1. The third-order valence-corrected chi connectivity index (χ3v) is 4.13. The SMILES string of the molecule is CCCCCCCCCC(C(F)(F)F)S(N)(=O)=O. The van der Waals surface area contributed by atoms with Crippen LogP contribution in [0.25, 0.3) is 0 Å². The lowest BCUT2D eigenvalue weighted by molar-refractivity contribution is -0.131. The normalized spacial score (nSPS) is 14.7. The van der Waals surface area contributed by atoms with Gasteiger partial charge < -0.3 is 0 Å². The molecule has 1 atom stereocenters. The van der Waals surface area contributed by atoms with E-state index in [4.69, 9.17) is 0 Å². The van der Waals surface area contributed by atoms with Crippen LogP contribution in [-0.4, -0.2) is 19.8 Å². The first kappa shape index (κ1) is 17.7. The molecule has 0 heterocycles. The number of rotatable bonds is 9. The molecule has 7 heteroatoms. The van der Waals surface area contributed by atoms with Gasteiger partial charge in [-0.15, -0.1) is 0 Å². The van der Waals surface area contributed by atoms with Crippen molar-refractivity contribution in [2.75, 3.05) is 0 Å². The summed E-state index contributed by atoms with van der Waals surface area (Å²) in [4.78, 5) is 0. The molecular weight excluding hydrogens is 267 g/mol. The highest BCUT2D eigenvalue weighted by atomic mass is 32.2. The average molecular weight is 289 g/mol. The Bertz CT molecular complexity index is 315. The molecule has 0 aliphatic rings. The molecular formula is C11H22F3NO2S. The molecule has 110 valence electrons. The zero-order valence-corrected chi connectivity index (χ0v) is 11.5. The van der Waals surface area contributed by atoms with Crippen LogP contribution in [0.4, 0.5) is 13.2 Å². The van der Waals surface area contributed by atoms with Gasteiger partial charge in [0.1, 0.15) is 0 Å². The van der Waals surface area contributed by atoms with Crippen molar-refractivity contribution in [2.45, 2.75) is 69.7 Å². The number of unbranched alkanes of at least 4 members (excludes halogenated alkanes) is 6. The lowest BCUT2D eigenvalue weighted by Gasteiger charge is -2.17. The molecule has 18 heavy (non-hydrogen) atoms. The first-order valence-electron chi connectivity index (χ1n) is 6.28. The van der Waals surface area contributed by atoms with E-state index in [9.17, 15) is 21.6 Å². The molecule has 0 saturated heterocycles. The van der Waals surface area contributed by atoms with E-state index in [1.807, 2.05) is 0 Å². The highest BCUT2D eigenvalue weighted by molar-refractivity contribution is 7.89. The smallest absolute Gasteiger partial charge is 0.228 e. The van der Waals surface area contributed by atoms with Gasteiger partial charge in [0.05, 0.1) is 0 Å². The zero-order valence-electron chi connectivity index (χ0n) is 10.7. The number of halogens is 3. The fourth-order valence-electron chi connectivity index (χ4n) is 1.80. The summed E-state index contributed by atoms with van der Waals surface area (Å²) in [5.41, 5.74) is 0. The monoisotopic (exact) mass is 289 g/mol. The molecule has 0 aliphatic carbocycles. The molecule has 2 N–H and O–H groups in total. The minimum absolute atomic E-state index is 0.243. The Morgan fingerprint density at radius 2 is 1.44 bits per heavy atom. The van der Waals surface area contributed by atoms with Crippen molar-refractivity contribution in [3.63, 3.8) is 0 Å². The Morgan fingerprint density at radius 1 is 1.00 bits per heavy atom. The molecule has 0 radical (unpaired) electrons. The van der Waals surface area contributed by atoms with Gasteiger partial charge in [0, 0.05) is 0 Å². The molecule has 0 aliphatic heterocycles. The van der Waals surface area contributed by atoms with Gasteiger partial charge in [-0.1, -0.05) is 51.9 Å². The summed E-state index contributed by atoms with van der Waals surface area (Å²) in [6.07, 6.45) is 0.803. The van der Waals surface area contributed by atoms with Gasteiger partial charge in [0.2, 0.25) is 10.0 Å². The maximum absolute atomic E-state index is 12.4. The number of primary sulfonamides is 1. The van der Waals surface area contributed by atoms with Crippen LogP contribution < -0.4 is 5.14 Å². The first-order chi connectivity index (χ1) is 8.19. The predicted molar refractivity (Wildman–Crippen MR) is 65.6 cm³/mol. The standard InChI is InChI=1S/C11H22F3NO2S/c1-2-3-4-5-6-7-8-9-10(11(12,13)14)18(15,16)17/h10H,2-9H2,1H3,(H2,15,16,17). The molecule has 0 rings (SSSR count). The van der Waals surface area contributed by atoms with E-state index in [0.29, 0.717) is 6.42 Å². The molecule has 1 unspecified atom stereocenters. The van der Waals surface area contributed by atoms with E-state index in [1.54, 1.807) is 0 Å². The quantitative estimate of drug-likeness (QED) is 0.662. The van der Waals surface area contributed by atoms with E-state index >= 15 is 0 Å². The number of hydrogen-bond acceptors (Lipinski definition) is 2. The van der Waals surface area contributed by atoms with E-state index in [2.05, 4.69) is 12.1 Å². The van der Waals surface area contributed by atoms with Gasteiger partial charge in [-0.3, -0.25) is 0 Å². The first-order valence-corrected chi connectivity index (χ1v) is 7.89. The average Bonchev–Trinajstić information content (AvgIpc) is 2.18.